The molecule has 0 spiro atoms. The van der Waals surface area contributed by atoms with E-state index in [-0.39, 0.29) is 12.5 Å². The van der Waals surface area contributed by atoms with Crippen molar-refractivity contribution in [1.82, 2.24) is 4.90 Å². The standard InChI is InChI=1S/C17H16INO3/c1-19(11-13-6-3-2-4-7-13)16(20)12-22-17(21)14-8-5-9-15(18)10-14/h2-10H,11-12H2,1H3. The lowest BCUT2D eigenvalue weighted by Gasteiger charge is -2.17. The van der Waals surface area contributed by atoms with Gasteiger partial charge in [0, 0.05) is 17.2 Å². The molecule has 1 amide bonds. The number of hydrogen-bond acceptors (Lipinski definition) is 3. The molecular weight excluding hydrogens is 393 g/mol. The normalized spacial score (nSPS) is 10.1. The van der Waals surface area contributed by atoms with Gasteiger partial charge in [-0.3, -0.25) is 4.79 Å². The van der Waals surface area contributed by atoms with Gasteiger partial charge in [-0.05, 0) is 46.4 Å². The van der Waals surface area contributed by atoms with Gasteiger partial charge >= 0.3 is 5.97 Å². The van der Waals surface area contributed by atoms with Crippen molar-refractivity contribution in [3.05, 3.63) is 69.3 Å². The molecule has 0 aliphatic rings. The molecule has 5 heteroatoms. The number of nitrogens with zero attached hydrogens (tertiary/aromatic N) is 1. The summed E-state index contributed by atoms with van der Waals surface area (Å²) < 4.78 is 6.01. The van der Waals surface area contributed by atoms with E-state index < -0.39 is 5.97 Å². The maximum atomic E-state index is 12.0. The SMILES string of the molecule is CN(Cc1ccccc1)C(=O)COC(=O)c1cccc(I)c1. The molecule has 0 atom stereocenters. The summed E-state index contributed by atoms with van der Waals surface area (Å²) in [5, 5.41) is 0. The Morgan fingerprint density at radius 2 is 1.82 bits per heavy atom. The molecule has 0 saturated carbocycles. The second-order valence-electron chi connectivity index (χ2n) is 4.82. The molecule has 0 heterocycles. The van der Waals surface area contributed by atoms with Crippen molar-refractivity contribution in [3.63, 3.8) is 0 Å². The highest BCUT2D eigenvalue weighted by Gasteiger charge is 2.13. The van der Waals surface area contributed by atoms with Gasteiger partial charge in [0.25, 0.3) is 5.91 Å². The summed E-state index contributed by atoms with van der Waals surface area (Å²) in [4.78, 5) is 25.4. The van der Waals surface area contributed by atoms with Crippen LogP contribution in [0.5, 0.6) is 0 Å². The van der Waals surface area contributed by atoms with Crippen LogP contribution in [0.25, 0.3) is 0 Å². The Labute approximate surface area is 143 Å². The second-order valence-corrected chi connectivity index (χ2v) is 6.07. The van der Waals surface area contributed by atoms with Gasteiger partial charge in [0.05, 0.1) is 5.56 Å². The summed E-state index contributed by atoms with van der Waals surface area (Å²) in [7, 11) is 1.69. The molecule has 4 nitrogen and oxygen atoms in total. The average molecular weight is 409 g/mol. The van der Waals surface area contributed by atoms with Crippen LogP contribution < -0.4 is 0 Å². The maximum Gasteiger partial charge on any atom is 0.338 e. The van der Waals surface area contributed by atoms with Crippen molar-refractivity contribution >= 4 is 34.5 Å². The smallest absolute Gasteiger partial charge is 0.338 e. The monoisotopic (exact) mass is 409 g/mol. The lowest BCUT2D eigenvalue weighted by Crippen LogP contribution is -2.30. The summed E-state index contributed by atoms with van der Waals surface area (Å²) in [6.45, 7) is 0.230. The molecule has 2 rings (SSSR count). The molecule has 0 bridgehead atoms. The first-order valence-corrected chi connectivity index (χ1v) is 7.84. The van der Waals surface area contributed by atoms with Crippen LogP contribution in [0.15, 0.2) is 54.6 Å². The van der Waals surface area contributed by atoms with Crippen molar-refractivity contribution in [2.75, 3.05) is 13.7 Å². The Morgan fingerprint density at radius 1 is 1.09 bits per heavy atom. The third kappa shape index (κ3) is 4.84. The summed E-state index contributed by atoms with van der Waals surface area (Å²) >= 11 is 2.12. The van der Waals surface area contributed by atoms with Gasteiger partial charge in [-0.15, -0.1) is 0 Å². The molecule has 0 unspecified atom stereocenters. The fraction of sp³-hybridized carbons (Fsp3) is 0.176. The van der Waals surface area contributed by atoms with Crippen LogP contribution in [0.1, 0.15) is 15.9 Å². The number of benzene rings is 2. The van der Waals surface area contributed by atoms with Gasteiger partial charge in [0.2, 0.25) is 0 Å². The Morgan fingerprint density at radius 3 is 2.50 bits per heavy atom. The predicted octanol–water partition coefficient (Wildman–Crippen LogP) is 3.11. The van der Waals surface area contributed by atoms with Crippen LogP contribution in [0.4, 0.5) is 0 Å². The van der Waals surface area contributed by atoms with Gasteiger partial charge in [0.1, 0.15) is 0 Å². The molecule has 22 heavy (non-hydrogen) atoms. The van der Waals surface area contributed by atoms with Crippen molar-refractivity contribution in [2.45, 2.75) is 6.54 Å². The van der Waals surface area contributed by atoms with Crippen molar-refractivity contribution in [3.8, 4) is 0 Å². The van der Waals surface area contributed by atoms with Crippen molar-refractivity contribution in [1.29, 1.82) is 0 Å². The van der Waals surface area contributed by atoms with Crippen molar-refractivity contribution < 1.29 is 14.3 Å². The van der Waals surface area contributed by atoms with Crippen LogP contribution in [-0.4, -0.2) is 30.4 Å². The van der Waals surface area contributed by atoms with Crippen LogP contribution in [-0.2, 0) is 16.1 Å². The van der Waals surface area contributed by atoms with E-state index in [2.05, 4.69) is 22.6 Å². The fourth-order valence-corrected chi connectivity index (χ4v) is 2.42. The van der Waals surface area contributed by atoms with Gasteiger partial charge in [0.15, 0.2) is 6.61 Å². The predicted molar refractivity (Wildman–Crippen MR) is 92.4 cm³/mol. The molecule has 0 fully saturated rings. The molecule has 0 aliphatic heterocycles. The number of esters is 1. The lowest BCUT2D eigenvalue weighted by atomic mass is 10.2. The van der Waals surface area contributed by atoms with Crippen LogP contribution in [0.3, 0.4) is 0 Å². The van der Waals surface area contributed by atoms with E-state index in [4.69, 9.17) is 4.74 Å². The third-order valence-corrected chi connectivity index (χ3v) is 3.75. The van der Waals surface area contributed by atoms with E-state index in [0.717, 1.165) is 9.13 Å². The minimum atomic E-state index is -0.486. The summed E-state index contributed by atoms with van der Waals surface area (Å²) in [6.07, 6.45) is 0. The highest BCUT2D eigenvalue weighted by molar-refractivity contribution is 14.1. The zero-order chi connectivity index (χ0) is 15.9. The molecule has 2 aromatic carbocycles. The highest BCUT2D eigenvalue weighted by atomic mass is 127. The molecule has 2 aromatic rings. The summed E-state index contributed by atoms with van der Waals surface area (Å²) in [5.41, 5.74) is 1.48. The summed E-state index contributed by atoms with van der Waals surface area (Å²) in [6, 6.07) is 16.7. The van der Waals surface area contributed by atoms with Crippen molar-refractivity contribution in [2.24, 2.45) is 0 Å². The first kappa shape index (κ1) is 16.5. The summed E-state index contributed by atoms with van der Waals surface area (Å²) in [5.74, 6) is -0.720. The second kappa shape index (κ2) is 7.93. The van der Waals surface area contributed by atoms with E-state index in [1.807, 2.05) is 36.4 Å². The third-order valence-electron chi connectivity index (χ3n) is 3.08. The van der Waals surface area contributed by atoms with E-state index in [9.17, 15) is 9.59 Å². The van der Waals surface area contributed by atoms with Gasteiger partial charge in [-0.2, -0.15) is 0 Å². The van der Waals surface area contributed by atoms with Gasteiger partial charge in [-0.25, -0.2) is 4.79 Å². The molecule has 0 aromatic heterocycles. The minimum absolute atomic E-state index is 0.233. The maximum absolute atomic E-state index is 12.0. The first-order valence-electron chi connectivity index (χ1n) is 6.77. The van der Waals surface area contributed by atoms with Crippen LogP contribution >= 0.6 is 22.6 Å². The molecule has 0 N–H and O–H groups in total. The number of amides is 1. The Balaban J connectivity index is 1.85. The van der Waals surface area contributed by atoms with Crippen LogP contribution in [0, 0.1) is 3.57 Å². The van der Waals surface area contributed by atoms with E-state index >= 15 is 0 Å². The molecule has 0 aliphatic carbocycles. The number of hydrogen-bond donors (Lipinski definition) is 0. The molecular formula is C17H16INO3. The largest absolute Gasteiger partial charge is 0.452 e. The fourth-order valence-electron chi connectivity index (χ4n) is 1.88. The number of ether oxygens (including phenoxy) is 1. The number of halogens is 1. The highest BCUT2D eigenvalue weighted by Crippen LogP contribution is 2.09. The Bertz CT molecular complexity index is 658. The first-order chi connectivity index (χ1) is 10.6. The quantitative estimate of drug-likeness (QED) is 0.563. The van der Waals surface area contributed by atoms with E-state index in [1.165, 1.54) is 4.90 Å². The number of rotatable bonds is 5. The number of carbonyl (C=O) groups is 2. The Hall–Kier alpha value is -1.89. The topological polar surface area (TPSA) is 46.6 Å². The van der Waals surface area contributed by atoms with E-state index in [0.29, 0.717) is 12.1 Å². The zero-order valence-electron chi connectivity index (χ0n) is 12.2. The molecule has 114 valence electrons. The average Bonchev–Trinajstić information content (AvgIpc) is 2.53. The van der Waals surface area contributed by atoms with Gasteiger partial charge in [-0.1, -0.05) is 36.4 Å². The number of carbonyl (C=O) groups excluding carboxylic acids is 2. The molecule has 0 saturated heterocycles. The Kier molecular flexibility index (Phi) is 5.94. The minimum Gasteiger partial charge on any atom is -0.452 e. The molecule has 0 radical (unpaired) electrons. The number of likely N-dealkylation sites (N-methyl/N-ethyl adjacent to an activating group) is 1. The van der Waals surface area contributed by atoms with E-state index in [1.54, 1.807) is 25.2 Å². The zero-order valence-corrected chi connectivity index (χ0v) is 14.3. The van der Waals surface area contributed by atoms with Crippen LogP contribution in [0.2, 0.25) is 0 Å². The lowest BCUT2D eigenvalue weighted by molar-refractivity contribution is -0.133. The van der Waals surface area contributed by atoms with Gasteiger partial charge < -0.3 is 9.64 Å².